The molecule has 6 nitrogen and oxygen atoms in total. The molecule has 1 saturated heterocycles. The van der Waals surface area contributed by atoms with E-state index >= 15 is 0 Å². The fourth-order valence-corrected chi connectivity index (χ4v) is 1.89. The highest BCUT2D eigenvalue weighted by Crippen LogP contribution is 2.34. The third kappa shape index (κ3) is 3.43. The van der Waals surface area contributed by atoms with E-state index in [4.69, 9.17) is 9.57 Å². The first kappa shape index (κ1) is 14.7. The van der Waals surface area contributed by atoms with Crippen molar-refractivity contribution >= 4 is 6.09 Å². The van der Waals surface area contributed by atoms with Gasteiger partial charge in [0.05, 0.1) is 12.2 Å². The number of carbonyl (C=O) groups is 1. The van der Waals surface area contributed by atoms with Gasteiger partial charge in [0.25, 0.3) is 0 Å². The molecule has 0 aliphatic carbocycles. The Kier molecular flexibility index (Phi) is 3.92. The molecule has 1 amide bonds. The van der Waals surface area contributed by atoms with Crippen molar-refractivity contribution in [3.8, 4) is 0 Å². The summed E-state index contributed by atoms with van der Waals surface area (Å²) in [5.41, 5.74) is -0.258. The molecule has 1 aliphatic rings. The Morgan fingerprint density at radius 3 is 2.85 bits per heavy atom. The fourth-order valence-electron chi connectivity index (χ4n) is 1.89. The monoisotopic (exact) mass is 284 g/mol. The summed E-state index contributed by atoms with van der Waals surface area (Å²) in [5.74, 6) is -0.520. The first-order valence-corrected chi connectivity index (χ1v) is 6.24. The highest BCUT2D eigenvalue weighted by Gasteiger charge is 2.39. The van der Waals surface area contributed by atoms with Crippen molar-refractivity contribution < 1.29 is 23.9 Å². The molecule has 1 aliphatic heterocycles. The number of hydrogen-bond donors (Lipinski definition) is 1. The number of hydrogen-bond acceptors (Lipinski definition) is 5. The van der Waals surface area contributed by atoms with E-state index in [1.54, 1.807) is 20.8 Å². The molecule has 1 aromatic rings. The second-order valence-electron chi connectivity index (χ2n) is 5.55. The maximum atomic E-state index is 13.2. The van der Waals surface area contributed by atoms with Gasteiger partial charge in [0.15, 0.2) is 6.29 Å². The van der Waals surface area contributed by atoms with E-state index in [0.717, 1.165) is 11.3 Å². The van der Waals surface area contributed by atoms with Crippen molar-refractivity contribution in [2.45, 2.75) is 45.1 Å². The number of hydroxylamine groups is 2. The van der Waals surface area contributed by atoms with E-state index < -0.39 is 29.8 Å². The minimum atomic E-state index is -1.14. The molecule has 20 heavy (non-hydrogen) atoms. The Labute approximate surface area is 116 Å². The van der Waals surface area contributed by atoms with Gasteiger partial charge in [-0.05, 0) is 32.4 Å². The maximum Gasteiger partial charge on any atom is 0.435 e. The van der Waals surface area contributed by atoms with E-state index in [2.05, 4.69) is 4.98 Å². The minimum absolute atomic E-state index is 0.129. The van der Waals surface area contributed by atoms with Crippen molar-refractivity contribution in [2.24, 2.45) is 0 Å². The zero-order valence-electron chi connectivity index (χ0n) is 11.5. The number of aliphatic hydroxyl groups is 1. The molecular weight excluding hydrogens is 267 g/mol. The first-order valence-electron chi connectivity index (χ1n) is 6.24. The maximum absolute atomic E-state index is 13.2. The molecule has 2 rings (SSSR count). The van der Waals surface area contributed by atoms with E-state index in [-0.39, 0.29) is 6.42 Å². The van der Waals surface area contributed by atoms with Gasteiger partial charge in [-0.1, -0.05) is 0 Å². The number of halogens is 1. The third-order valence-corrected chi connectivity index (χ3v) is 2.63. The van der Waals surface area contributed by atoms with Crippen LogP contribution >= 0.6 is 0 Å². The molecule has 2 atom stereocenters. The van der Waals surface area contributed by atoms with Crippen LogP contribution in [0, 0.1) is 5.82 Å². The van der Waals surface area contributed by atoms with Crippen LogP contribution in [-0.4, -0.2) is 33.1 Å². The molecule has 7 heteroatoms. The van der Waals surface area contributed by atoms with Gasteiger partial charge in [-0.15, -0.1) is 0 Å². The molecule has 0 spiro atoms. The topological polar surface area (TPSA) is 71.9 Å². The van der Waals surface area contributed by atoms with Crippen molar-refractivity contribution in [3.05, 3.63) is 29.8 Å². The molecule has 1 aromatic heterocycles. The van der Waals surface area contributed by atoms with Crippen LogP contribution < -0.4 is 0 Å². The third-order valence-electron chi connectivity index (χ3n) is 2.63. The number of aliphatic hydroxyl groups excluding tert-OH is 1. The summed E-state index contributed by atoms with van der Waals surface area (Å²) in [5, 5.41) is 10.5. The smallest absolute Gasteiger partial charge is 0.435 e. The number of carbonyl (C=O) groups excluding carboxylic acids is 1. The zero-order valence-corrected chi connectivity index (χ0v) is 11.5. The average molecular weight is 284 g/mol. The highest BCUT2D eigenvalue weighted by atomic mass is 19.1. The Balaban J connectivity index is 2.21. The van der Waals surface area contributed by atoms with Crippen LogP contribution in [0.2, 0.25) is 0 Å². The van der Waals surface area contributed by atoms with Crippen molar-refractivity contribution in [3.63, 3.8) is 0 Å². The quantitative estimate of drug-likeness (QED) is 0.855. The molecule has 2 heterocycles. The molecule has 0 saturated carbocycles. The zero-order chi connectivity index (χ0) is 14.9. The number of amides is 1. The predicted octanol–water partition coefficient (Wildman–Crippen LogP) is 2.15. The van der Waals surface area contributed by atoms with Crippen LogP contribution in [0.3, 0.4) is 0 Å². The lowest BCUT2D eigenvalue weighted by Gasteiger charge is -2.26. The number of ether oxygens (including phenoxy) is 1. The molecular formula is C13H17FN2O4. The van der Waals surface area contributed by atoms with Gasteiger partial charge in [-0.25, -0.2) is 14.0 Å². The molecule has 1 N–H and O–H groups in total. The van der Waals surface area contributed by atoms with Gasteiger partial charge >= 0.3 is 6.09 Å². The summed E-state index contributed by atoms with van der Waals surface area (Å²) in [6.07, 6.45) is 0.740. The Bertz CT molecular complexity index is 503. The van der Waals surface area contributed by atoms with Gasteiger partial charge in [0.1, 0.15) is 11.4 Å². The predicted molar refractivity (Wildman–Crippen MR) is 66.7 cm³/mol. The van der Waals surface area contributed by atoms with E-state index in [9.17, 15) is 14.3 Å². The minimum Gasteiger partial charge on any atom is -0.442 e. The summed E-state index contributed by atoms with van der Waals surface area (Å²) in [7, 11) is 0. The van der Waals surface area contributed by atoms with Crippen molar-refractivity contribution in [2.75, 3.05) is 0 Å². The Morgan fingerprint density at radius 1 is 1.55 bits per heavy atom. The second-order valence-corrected chi connectivity index (χ2v) is 5.55. The van der Waals surface area contributed by atoms with Gasteiger partial charge in [-0.3, -0.25) is 4.98 Å². The van der Waals surface area contributed by atoms with Crippen LogP contribution in [0.15, 0.2) is 18.5 Å². The molecule has 110 valence electrons. The lowest BCUT2D eigenvalue weighted by atomic mass is 10.1. The molecule has 2 unspecified atom stereocenters. The summed E-state index contributed by atoms with van der Waals surface area (Å²) in [6, 6.07) is 0.610. The van der Waals surface area contributed by atoms with E-state index in [1.807, 2.05) is 0 Å². The molecule has 1 fully saturated rings. The average Bonchev–Trinajstić information content (AvgIpc) is 2.69. The number of nitrogens with zero attached hydrogens (tertiary/aromatic N) is 2. The summed E-state index contributed by atoms with van der Waals surface area (Å²) in [4.78, 5) is 20.8. The van der Waals surface area contributed by atoms with Gasteiger partial charge in [0, 0.05) is 12.6 Å². The molecule has 0 aromatic carbocycles. The van der Waals surface area contributed by atoms with Crippen molar-refractivity contribution in [1.29, 1.82) is 0 Å². The van der Waals surface area contributed by atoms with Gasteiger partial charge in [-0.2, -0.15) is 5.06 Å². The summed E-state index contributed by atoms with van der Waals surface area (Å²) >= 11 is 0. The van der Waals surface area contributed by atoms with Crippen LogP contribution in [0.5, 0.6) is 0 Å². The first-order chi connectivity index (χ1) is 9.26. The van der Waals surface area contributed by atoms with Crippen LogP contribution in [0.4, 0.5) is 9.18 Å². The van der Waals surface area contributed by atoms with Crippen LogP contribution in [-0.2, 0) is 9.57 Å². The van der Waals surface area contributed by atoms with E-state index in [1.165, 1.54) is 12.3 Å². The van der Waals surface area contributed by atoms with Gasteiger partial charge < -0.3 is 9.84 Å². The Morgan fingerprint density at radius 2 is 2.25 bits per heavy atom. The van der Waals surface area contributed by atoms with Gasteiger partial charge in [0.2, 0.25) is 0 Å². The van der Waals surface area contributed by atoms with Crippen LogP contribution in [0.1, 0.15) is 38.8 Å². The lowest BCUT2D eigenvalue weighted by molar-refractivity contribution is -0.207. The molecule has 0 radical (unpaired) electrons. The number of pyridine rings is 1. The standard InChI is InChI=1S/C13H17FN2O4/c1-13(2,3)19-12(18)16-10(5-11(17)20-16)8-4-9(14)7-15-6-8/h4,6-7,10-11,17H,5H2,1-3H3. The fraction of sp³-hybridized carbons (Fsp3) is 0.538. The largest absolute Gasteiger partial charge is 0.442 e. The van der Waals surface area contributed by atoms with Crippen LogP contribution in [0.25, 0.3) is 0 Å². The SMILES string of the molecule is CC(C)(C)OC(=O)N1OC(O)CC1c1cncc(F)c1. The second kappa shape index (κ2) is 5.34. The molecule has 0 bridgehead atoms. The highest BCUT2D eigenvalue weighted by molar-refractivity contribution is 5.67. The van der Waals surface area contributed by atoms with Crippen molar-refractivity contribution in [1.82, 2.24) is 10.0 Å². The Hall–Kier alpha value is -1.73. The number of rotatable bonds is 1. The normalized spacial score (nSPS) is 22.9. The summed E-state index contributed by atoms with van der Waals surface area (Å²) < 4.78 is 18.4. The number of aromatic nitrogens is 1. The van der Waals surface area contributed by atoms with E-state index in [0.29, 0.717) is 5.56 Å². The lowest BCUT2D eigenvalue weighted by Crippen LogP contribution is -2.36. The summed E-state index contributed by atoms with van der Waals surface area (Å²) in [6.45, 7) is 5.16.